The van der Waals surface area contributed by atoms with E-state index in [0.29, 0.717) is 0 Å². The first kappa shape index (κ1) is 13.6. The monoisotopic (exact) mass is 246 g/mol. The Morgan fingerprint density at radius 3 is 2.56 bits per heavy atom. The van der Waals surface area contributed by atoms with E-state index in [1.165, 1.54) is 51.0 Å². The molecule has 0 saturated carbocycles. The van der Waals surface area contributed by atoms with Gasteiger partial charge in [-0.1, -0.05) is 37.3 Å². The zero-order valence-electron chi connectivity index (χ0n) is 11.6. The number of nitrogens with zero attached hydrogens (tertiary/aromatic N) is 1. The van der Waals surface area contributed by atoms with Gasteiger partial charge in [0.15, 0.2) is 0 Å². The third-order valence-electron chi connectivity index (χ3n) is 3.76. The van der Waals surface area contributed by atoms with Crippen molar-refractivity contribution in [2.75, 3.05) is 26.2 Å². The van der Waals surface area contributed by atoms with Gasteiger partial charge in [-0.3, -0.25) is 4.90 Å². The average molecular weight is 246 g/mol. The summed E-state index contributed by atoms with van der Waals surface area (Å²) in [6.07, 6.45) is 3.93. The van der Waals surface area contributed by atoms with Gasteiger partial charge in [0, 0.05) is 13.1 Å². The maximum atomic E-state index is 3.45. The Bertz CT molecular complexity index is 317. The van der Waals surface area contributed by atoms with Crippen molar-refractivity contribution >= 4 is 0 Å². The van der Waals surface area contributed by atoms with Crippen LogP contribution in [0.15, 0.2) is 30.3 Å². The summed E-state index contributed by atoms with van der Waals surface area (Å²) in [5, 5.41) is 3.45. The van der Waals surface area contributed by atoms with Crippen LogP contribution in [0.25, 0.3) is 0 Å². The number of piperidine rings is 1. The van der Waals surface area contributed by atoms with Gasteiger partial charge >= 0.3 is 0 Å². The molecule has 1 aromatic carbocycles. The number of hydrogen-bond donors (Lipinski definition) is 1. The highest BCUT2D eigenvalue weighted by Crippen LogP contribution is 2.15. The topological polar surface area (TPSA) is 15.3 Å². The van der Waals surface area contributed by atoms with Gasteiger partial charge in [-0.15, -0.1) is 0 Å². The molecule has 2 nitrogen and oxygen atoms in total. The molecule has 0 atom stereocenters. The second kappa shape index (κ2) is 7.55. The molecule has 1 aliphatic heterocycles. The summed E-state index contributed by atoms with van der Waals surface area (Å²) >= 11 is 0. The van der Waals surface area contributed by atoms with Crippen LogP contribution in [0.4, 0.5) is 0 Å². The maximum absolute atomic E-state index is 3.45. The second-order valence-corrected chi connectivity index (χ2v) is 5.41. The first-order valence-electron chi connectivity index (χ1n) is 7.35. The van der Waals surface area contributed by atoms with Gasteiger partial charge in [0.05, 0.1) is 0 Å². The fourth-order valence-corrected chi connectivity index (χ4v) is 2.82. The largest absolute Gasteiger partial charge is 0.317 e. The summed E-state index contributed by atoms with van der Waals surface area (Å²) in [4.78, 5) is 2.63. The molecule has 0 unspecified atom stereocenters. The molecule has 2 rings (SSSR count). The Hall–Kier alpha value is -0.860. The Kier molecular flexibility index (Phi) is 5.69. The quantitative estimate of drug-likeness (QED) is 0.830. The lowest BCUT2D eigenvalue weighted by Crippen LogP contribution is -2.36. The molecule has 1 saturated heterocycles. The molecule has 0 aliphatic carbocycles. The van der Waals surface area contributed by atoms with Gasteiger partial charge in [0.1, 0.15) is 0 Å². The van der Waals surface area contributed by atoms with Crippen molar-refractivity contribution in [1.29, 1.82) is 0 Å². The van der Waals surface area contributed by atoms with Gasteiger partial charge in [-0.25, -0.2) is 0 Å². The Balaban J connectivity index is 1.86. The molecular formula is C16H26N2. The summed E-state index contributed by atoms with van der Waals surface area (Å²) in [5.74, 6) is 0.890. The highest BCUT2D eigenvalue weighted by Gasteiger charge is 2.16. The van der Waals surface area contributed by atoms with E-state index in [0.717, 1.165) is 12.5 Å². The summed E-state index contributed by atoms with van der Waals surface area (Å²) in [6, 6.07) is 10.9. The lowest BCUT2D eigenvalue weighted by Gasteiger charge is -2.30. The number of benzene rings is 1. The summed E-state index contributed by atoms with van der Waals surface area (Å²) in [6.45, 7) is 8.29. The van der Waals surface area contributed by atoms with E-state index in [-0.39, 0.29) is 0 Å². The van der Waals surface area contributed by atoms with Crippen molar-refractivity contribution in [1.82, 2.24) is 10.2 Å². The molecule has 100 valence electrons. The van der Waals surface area contributed by atoms with Gasteiger partial charge < -0.3 is 5.32 Å². The molecule has 2 heteroatoms. The molecule has 1 fully saturated rings. The summed E-state index contributed by atoms with van der Waals surface area (Å²) in [7, 11) is 0. The molecule has 18 heavy (non-hydrogen) atoms. The van der Waals surface area contributed by atoms with Crippen molar-refractivity contribution in [3.05, 3.63) is 35.9 Å². The van der Waals surface area contributed by atoms with Crippen LogP contribution in [-0.2, 0) is 6.54 Å². The van der Waals surface area contributed by atoms with Crippen LogP contribution < -0.4 is 5.32 Å². The highest BCUT2D eigenvalue weighted by atomic mass is 15.1. The van der Waals surface area contributed by atoms with Crippen LogP contribution in [0.1, 0.15) is 31.7 Å². The molecule has 1 heterocycles. The van der Waals surface area contributed by atoms with Crippen molar-refractivity contribution in [2.24, 2.45) is 5.92 Å². The predicted octanol–water partition coefficient (Wildman–Crippen LogP) is 2.90. The Morgan fingerprint density at radius 2 is 1.89 bits per heavy atom. The third kappa shape index (κ3) is 4.43. The minimum atomic E-state index is 0.890. The van der Waals surface area contributed by atoms with E-state index >= 15 is 0 Å². The first-order chi connectivity index (χ1) is 8.88. The van der Waals surface area contributed by atoms with Crippen LogP contribution in [0.5, 0.6) is 0 Å². The zero-order valence-corrected chi connectivity index (χ0v) is 11.6. The van der Waals surface area contributed by atoms with Crippen molar-refractivity contribution < 1.29 is 0 Å². The zero-order chi connectivity index (χ0) is 12.6. The van der Waals surface area contributed by atoms with Crippen LogP contribution in [0.3, 0.4) is 0 Å². The van der Waals surface area contributed by atoms with E-state index in [1.54, 1.807) is 0 Å². The minimum Gasteiger partial charge on any atom is -0.317 e. The average Bonchev–Trinajstić information content (AvgIpc) is 2.41. The molecule has 0 bridgehead atoms. The minimum absolute atomic E-state index is 0.890. The van der Waals surface area contributed by atoms with E-state index in [9.17, 15) is 0 Å². The van der Waals surface area contributed by atoms with Crippen molar-refractivity contribution in [2.45, 2.75) is 32.7 Å². The molecule has 1 aliphatic rings. The van der Waals surface area contributed by atoms with Crippen LogP contribution in [-0.4, -0.2) is 31.1 Å². The van der Waals surface area contributed by atoms with Crippen LogP contribution in [0, 0.1) is 5.92 Å². The SMILES string of the molecule is CCCN(Cc1ccccc1)CC1CCNCC1. The van der Waals surface area contributed by atoms with Gasteiger partial charge in [0.25, 0.3) is 0 Å². The molecule has 0 radical (unpaired) electrons. The fraction of sp³-hybridized carbons (Fsp3) is 0.625. The lowest BCUT2D eigenvalue weighted by molar-refractivity contribution is 0.199. The van der Waals surface area contributed by atoms with E-state index in [2.05, 4.69) is 47.5 Å². The smallest absolute Gasteiger partial charge is 0.0233 e. The molecule has 0 spiro atoms. The van der Waals surface area contributed by atoms with Crippen molar-refractivity contribution in [3.63, 3.8) is 0 Å². The first-order valence-corrected chi connectivity index (χ1v) is 7.35. The van der Waals surface area contributed by atoms with Gasteiger partial charge in [-0.2, -0.15) is 0 Å². The maximum Gasteiger partial charge on any atom is 0.0233 e. The highest BCUT2D eigenvalue weighted by molar-refractivity contribution is 5.14. The molecular weight excluding hydrogens is 220 g/mol. The van der Waals surface area contributed by atoms with Crippen molar-refractivity contribution in [3.8, 4) is 0 Å². The molecule has 0 amide bonds. The van der Waals surface area contributed by atoms with Crippen LogP contribution in [0.2, 0.25) is 0 Å². The molecule has 0 aromatic heterocycles. The summed E-state index contributed by atoms with van der Waals surface area (Å²) < 4.78 is 0. The number of rotatable bonds is 6. The van der Waals surface area contributed by atoms with E-state index < -0.39 is 0 Å². The Labute approximate surface area is 111 Å². The van der Waals surface area contributed by atoms with Gasteiger partial charge in [0.2, 0.25) is 0 Å². The van der Waals surface area contributed by atoms with Crippen LogP contribution >= 0.6 is 0 Å². The molecule has 1 aromatic rings. The van der Waals surface area contributed by atoms with E-state index in [1.807, 2.05) is 0 Å². The number of hydrogen-bond acceptors (Lipinski definition) is 2. The molecule has 1 N–H and O–H groups in total. The van der Waals surface area contributed by atoms with E-state index in [4.69, 9.17) is 0 Å². The Morgan fingerprint density at radius 1 is 1.17 bits per heavy atom. The van der Waals surface area contributed by atoms with Gasteiger partial charge in [-0.05, 0) is 50.4 Å². The fourth-order valence-electron chi connectivity index (χ4n) is 2.82. The third-order valence-corrected chi connectivity index (χ3v) is 3.76. The number of nitrogens with one attached hydrogen (secondary N) is 1. The second-order valence-electron chi connectivity index (χ2n) is 5.41. The standard InChI is InChI=1S/C16H26N2/c1-2-12-18(13-15-6-4-3-5-7-15)14-16-8-10-17-11-9-16/h3-7,16-17H,2,8-14H2,1H3. The summed E-state index contributed by atoms with van der Waals surface area (Å²) in [5.41, 5.74) is 1.44. The lowest BCUT2D eigenvalue weighted by atomic mass is 9.97. The predicted molar refractivity (Wildman–Crippen MR) is 77.6 cm³/mol. The normalized spacial score (nSPS) is 17.2.